The Morgan fingerprint density at radius 2 is 1.59 bits per heavy atom. The molecule has 29 heavy (non-hydrogen) atoms. The van der Waals surface area contributed by atoms with E-state index in [1.165, 1.54) is 11.4 Å². The van der Waals surface area contributed by atoms with Gasteiger partial charge in [-0.15, -0.1) is 0 Å². The van der Waals surface area contributed by atoms with Crippen LogP contribution >= 0.6 is 0 Å². The molecular formula is C26H28N2O. The van der Waals surface area contributed by atoms with E-state index in [-0.39, 0.29) is 0 Å². The molecule has 2 aromatic carbocycles. The van der Waals surface area contributed by atoms with Crippen molar-refractivity contribution in [3.8, 4) is 0 Å². The van der Waals surface area contributed by atoms with E-state index < -0.39 is 0 Å². The van der Waals surface area contributed by atoms with Crippen molar-refractivity contribution in [2.75, 3.05) is 24.5 Å². The molecule has 0 N–H and O–H groups in total. The van der Waals surface area contributed by atoms with Gasteiger partial charge in [0.25, 0.3) is 0 Å². The fraction of sp³-hybridized carbons (Fsp3) is 0.231. The van der Waals surface area contributed by atoms with Crippen LogP contribution in [0.1, 0.15) is 19.3 Å². The van der Waals surface area contributed by atoms with E-state index in [0.717, 1.165) is 50.4 Å². The third-order valence-electron chi connectivity index (χ3n) is 5.16. The van der Waals surface area contributed by atoms with Gasteiger partial charge < -0.3 is 14.5 Å². The molecular weight excluding hydrogens is 356 g/mol. The number of nitrogens with zero attached hydrogens (tertiary/aromatic N) is 2. The fourth-order valence-corrected chi connectivity index (χ4v) is 3.62. The molecule has 0 saturated carbocycles. The first-order valence-electron chi connectivity index (χ1n) is 10.4. The molecule has 148 valence electrons. The summed E-state index contributed by atoms with van der Waals surface area (Å²) in [6.45, 7) is 2.89. The van der Waals surface area contributed by atoms with Crippen molar-refractivity contribution >= 4 is 11.4 Å². The van der Waals surface area contributed by atoms with Crippen molar-refractivity contribution in [3.05, 3.63) is 109 Å². The van der Waals surface area contributed by atoms with E-state index in [2.05, 4.69) is 107 Å². The van der Waals surface area contributed by atoms with Gasteiger partial charge in [0, 0.05) is 43.6 Å². The Balaban J connectivity index is 1.30. The summed E-state index contributed by atoms with van der Waals surface area (Å²) in [6, 6.07) is 21.2. The highest BCUT2D eigenvalue weighted by Gasteiger charge is 2.11. The summed E-state index contributed by atoms with van der Waals surface area (Å²) in [6.07, 6.45) is 15.8. The second-order valence-corrected chi connectivity index (χ2v) is 7.28. The number of rotatable bonds is 8. The molecule has 1 heterocycles. The second-order valence-electron chi connectivity index (χ2n) is 7.28. The molecule has 0 unspecified atom stereocenters. The number of hydrogen-bond donors (Lipinski definition) is 0. The molecule has 1 aliphatic carbocycles. The van der Waals surface area contributed by atoms with Gasteiger partial charge in [-0.25, -0.2) is 0 Å². The highest BCUT2D eigenvalue weighted by Crippen LogP contribution is 2.25. The summed E-state index contributed by atoms with van der Waals surface area (Å²) < 4.78 is 5.99. The van der Waals surface area contributed by atoms with Crippen LogP contribution in [0.3, 0.4) is 0 Å². The van der Waals surface area contributed by atoms with E-state index in [0.29, 0.717) is 0 Å². The van der Waals surface area contributed by atoms with Crippen LogP contribution in [-0.4, -0.2) is 24.5 Å². The Hall–Kier alpha value is -3.20. The average Bonchev–Trinajstić information content (AvgIpc) is 2.80. The molecule has 0 amide bonds. The lowest BCUT2D eigenvalue weighted by Gasteiger charge is -2.28. The van der Waals surface area contributed by atoms with E-state index in [9.17, 15) is 0 Å². The van der Waals surface area contributed by atoms with Gasteiger partial charge in [-0.1, -0.05) is 48.6 Å². The van der Waals surface area contributed by atoms with Crippen LogP contribution in [0.5, 0.6) is 0 Å². The lowest BCUT2D eigenvalue weighted by Crippen LogP contribution is -2.26. The number of hydrogen-bond acceptors (Lipinski definition) is 3. The zero-order chi connectivity index (χ0) is 19.7. The standard InChI is InChI=1S/C26H28N2O/c1-4-11-23(12-5-1)28(24-13-6-2-7-14-24)20-10-19-27-21-17-26(18-22-27)29-25-15-8-3-9-16-25/h1-8,11-14,16-18,21H,9-10,15,19-20,22H2. The molecule has 0 fully saturated rings. The van der Waals surface area contributed by atoms with Gasteiger partial charge in [0.1, 0.15) is 11.5 Å². The topological polar surface area (TPSA) is 15.7 Å². The second kappa shape index (κ2) is 9.83. The predicted molar refractivity (Wildman–Crippen MR) is 121 cm³/mol. The van der Waals surface area contributed by atoms with Crippen LogP contribution in [0.2, 0.25) is 0 Å². The van der Waals surface area contributed by atoms with Gasteiger partial charge >= 0.3 is 0 Å². The van der Waals surface area contributed by atoms with Crippen LogP contribution in [0.25, 0.3) is 0 Å². The van der Waals surface area contributed by atoms with Gasteiger partial charge in [0.15, 0.2) is 0 Å². The third-order valence-corrected chi connectivity index (χ3v) is 5.16. The highest BCUT2D eigenvalue weighted by atomic mass is 16.5. The minimum absolute atomic E-state index is 0.893. The molecule has 0 bridgehead atoms. The number of para-hydroxylation sites is 2. The minimum Gasteiger partial charge on any atom is -0.462 e. The molecule has 3 heteroatoms. The third kappa shape index (κ3) is 5.41. The quantitative estimate of drug-likeness (QED) is 0.506. The first-order valence-corrected chi connectivity index (χ1v) is 10.4. The summed E-state index contributed by atoms with van der Waals surface area (Å²) in [7, 11) is 0. The largest absolute Gasteiger partial charge is 0.462 e. The summed E-state index contributed by atoms with van der Waals surface area (Å²) >= 11 is 0. The Kier molecular flexibility index (Phi) is 6.49. The first kappa shape index (κ1) is 19.1. The Morgan fingerprint density at radius 3 is 2.17 bits per heavy atom. The van der Waals surface area contributed by atoms with E-state index in [4.69, 9.17) is 4.74 Å². The maximum atomic E-state index is 5.99. The van der Waals surface area contributed by atoms with Crippen molar-refractivity contribution in [1.82, 2.24) is 4.90 Å². The Bertz CT molecular complexity index is 857. The van der Waals surface area contributed by atoms with E-state index in [1.54, 1.807) is 0 Å². The number of anilines is 2. The molecule has 2 aliphatic rings. The summed E-state index contributed by atoms with van der Waals surface area (Å²) in [4.78, 5) is 4.73. The molecule has 0 radical (unpaired) electrons. The van der Waals surface area contributed by atoms with Gasteiger partial charge in [-0.3, -0.25) is 0 Å². The summed E-state index contributed by atoms with van der Waals surface area (Å²) in [5.41, 5.74) is 2.47. The molecule has 0 aromatic heterocycles. The Labute approximate surface area is 173 Å². The smallest absolute Gasteiger partial charge is 0.126 e. The first-order chi connectivity index (χ1) is 14.4. The van der Waals surface area contributed by atoms with Crippen LogP contribution < -0.4 is 4.90 Å². The van der Waals surface area contributed by atoms with Crippen molar-refractivity contribution in [2.24, 2.45) is 0 Å². The molecule has 0 saturated heterocycles. The minimum atomic E-state index is 0.893. The fourth-order valence-electron chi connectivity index (χ4n) is 3.62. The van der Waals surface area contributed by atoms with Gasteiger partial charge in [-0.05, 0) is 55.3 Å². The normalized spacial score (nSPS) is 15.7. The molecule has 0 spiro atoms. The maximum Gasteiger partial charge on any atom is 0.126 e. The molecule has 0 atom stereocenters. The lowest BCUT2D eigenvalue weighted by atomic mass is 10.2. The van der Waals surface area contributed by atoms with Crippen LogP contribution in [0.15, 0.2) is 109 Å². The SMILES string of the molecule is C1=CCC(OC2=CCN(CCCN(c3ccccc3)c3ccccc3)C=C2)=CC1. The van der Waals surface area contributed by atoms with Crippen molar-refractivity contribution in [3.63, 3.8) is 0 Å². The van der Waals surface area contributed by atoms with Crippen molar-refractivity contribution in [2.45, 2.75) is 19.3 Å². The molecule has 3 nitrogen and oxygen atoms in total. The zero-order valence-electron chi connectivity index (χ0n) is 16.8. The lowest BCUT2D eigenvalue weighted by molar-refractivity contribution is 0.296. The van der Waals surface area contributed by atoms with Gasteiger partial charge in [0.2, 0.25) is 0 Å². The van der Waals surface area contributed by atoms with Gasteiger partial charge in [-0.2, -0.15) is 0 Å². The summed E-state index contributed by atoms with van der Waals surface area (Å²) in [5.74, 6) is 2.01. The van der Waals surface area contributed by atoms with E-state index >= 15 is 0 Å². The zero-order valence-corrected chi connectivity index (χ0v) is 16.8. The number of benzene rings is 2. The highest BCUT2D eigenvalue weighted by molar-refractivity contribution is 5.62. The molecule has 1 aliphatic heterocycles. The average molecular weight is 385 g/mol. The van der Waals surface area contributed by atoms with E-state index in [1.807, 2.05) is 0 Å². The number of ether oxygens (including phenoxy) is 1. The maximum absolute atomic E-state index is 5.99. The van der Waals surface area contributed by atoms with Gasteiger partial charge in [0.05, 0.1) is 0 Å². The van der Waals surface area contributed by atoms with Crippen molar-refractivity contribution < 1.29 is 4.74 Å². The summed E-state index contributed by atoms with van der Waals surface area (Å²) in [5, 5.41) is 0. The van der Waals surface area contributed by atoms with Crippen LogP contribution in [-0.2, 0) is 4.74 Å². The number of allylic oxidation sites excluding steroid dienone is 4. The Morgan fingerprint density at radius 1 is 0.862 bits per heavy atom. The predicted octanol–water partition coefficient (Wildman–Crippen LogP) is 6.18. The molecule has 2 aromatic rings. The van der Waals surface area contributed by atoms with Crippen LogP contribution in [0, 0.1) is 0 Å². The van der Waals surface area contributed by atoms with Crippen molar-refractivity contribution in [1.29, 1.82) is 0 Å². The van der Waals surface area contributed by atoms with Crippen LogP contribution in [0.4, 0.5) is 11.4 Å². The monoisotopic (exact) mass is 384 g/mol. The molecule has 4 rings (SSSR count).